The van der Waals surface area contributed by atoms with E-state index >= 15 is 0 Å². The van der Waals surface area contributed by atoms with Gasteiger partial charge in [0.25, 0.3) is 5.91 Å². The van der Waals surface area contributed by atoms with Crippen molar-refractivity contribution in [2.45, 2.75) is 18.9 Å². The van der Waals surface area contributed by atoms with Crippen molar-refractivity contribution in [1.82, 2.24) is 10.2 Å². The van der Waals surface area contributed by atoms with Gasteiger partial charge in [-0.1, -0.05) is 6.07 Å². The smallest absolute Gasteiger partial charge is 0.264 e. The van der Waals surface area contributed by atoms with Gasteiger partial charge in [-0.25, -0.2) is 0 Å². The molecule has 0 radical (unpaired) electrons. The van der Waals surface area contributed by atoms with Gasteiger partial charge in [-0.2, -0.15) is 0 Å². The van der Waals surface area contributed by atoms with Crippen LogP contribution in [0, 0.1) is 0 Å². The molecular formula is C19H22N2O4S. The van der Waals surface area contributed by atoms with Gasteiger partial charge in [-0.05, 0) is 48.6 Å². The van der Waals surface area contributed by atoms with Crippen LogP contribution in [0.1, 0.15) is 22.5 Å². The van der Waals surface area contributed by atoms with Crippen LogP contribution in [0.15, 0.2) is 41.8 Å². The summed E-state index contributed by atoms with van der Waals surface area (Å²) < 4.78 is 10.7. The minimum absolute atomic E-state index is 0.0628. The zero-order chi connectivity index (χ0) is 18.4. The maximum absolute atomic E-state index is 12.5. The van der Waals surface area contributed by atoms with Crippen LogP contribution < -0.4 is 14.8 Å². The number of carbonyl (C=O) groups excluding carboxylic acids is 2. The number of amides is 2. The number of ether oxygens (including phenoxy) is 2. The lowest BCUT2D eigenvalue weighted by Gasteiger charge is -2.23. The van der Waals surface area contributed by atoms with Gasteiger partial charge in [0.05, 0.1) is 18.5 Å². The van der Waals surface area contributed by atoms with Crippen LogP contribution in [-0.2, 0) is 4.79 Å². The second-order valence-electron chi connectivity index (χ2n) is 5.95. The maximum atomic E-state index is 12.5. The van der Waals surface area contributed by atoms with Gasteiger partial charge in [0, 0.05) is 6.54 Å². The van der Waals surface area contributed by atoms with Crippen molar-refractivity contribution >= 4 is 23.2 Å². The van der Waals surface area contributed by atoms with E-state index in [-0.39, 0.29) is 11.8 Å². The van der Waals surface area contributed by atoms with Crippen molar-refractivity contribution in [3.05, 3.63) is 46.7 Å². The molecule has 2 aromatic rings. The lowest BCUT2D eigenvalue weighted by Crippen LogP contribution is -2.46. The van der Waals surface area contributed by atoms with E-state index in [9.17, 15) is 9.59 Å². The first kappa shape index (κ1) is 18.3. The molecule has 1 saturated heterocycles. The summed E-state index contributed by atoms with van der Waals surface area (Å²) in [5, 5.41) is 4.74. The van der Waals surface area contributed by atoms with Crippen LogP contribution in [0.4, 0.5) is 0 Å². The second-order valence-corrected chi connectivity index (χ2v) is 6.90. The van der Waals surface area contributed by atoms with Gasteiger partial charge < -0.3 is 19.7 Å². The van der Waals surface area contributed by atoms with Crippen molar-refractivity contribution in [3.8, 4) is 11.5 Å². The van der Waals surface area contributed by atoms with Gasteiger partial charge in [0.1, 0.15) is 24.1 Å². The molecule has 0 saturated carbocycles. The Balaban J connectivity index is 1.45. The van der Waals surface area contributed by atoms with E-state index in [4.69, 9.17) is 9.47 Å². The molecule has 7 heteroatoms. The number of rotatable bonds is 7. The Morgan fingerprint density at radius 1 is 1.23 bits per heavy atom. The fourth-order valence-corrected chi connectivity index (χ4v) is 3.64. The quantitative estimate of drug-likeness (QED) is 0.757. The highest BCUT2D eigenvalue weighted by molar-refractivity contribution is 7.12. The molecule has 0 unspecified atom stereocenters. The van der Waals surface area contributed by atoms with Crippen LogP contribution in [0.5, 0.6) is 11.5 Å². The third kappa shape index (κ3) is 4.35. The molecule has 1 aliphatic heterocycles. The Morgan fingerprint density at radius 2 is 2.00 bits per heavy atom. The zero-order valence-electron chi connectivity index (χ0n) is 14.6. The molecule has 1 aromatic heterocycles. The highest BCUT2D eigenvalue weighted by Gasteiger charge is 2.34. The molecule has 0 bridgehead atoms. The van der Waals surface area contributed by atoms with Crippen LogP contribution in [0.25, 0.3) is 0 Å². The number of methoxy groups -OCH3 is 1. The van der Waals surface area contributed by atoms with E-state index in [2.05, 4.69) is 5.32 Å². The number of nitrogens with zero attached hydrogens (tertiary/aromatic N) is 1. The van der Waals surface area contributed by atoms with Crippen LogP contribution in [0.3, 0.4) is 0 Å². The minimum atomic E-state index is -0.398. The molecule has 138 valence electrons. The first-order valence-electron chi connectivity index (χ1n) is 8.58. The number of likely N-dealkylation sites (tertiary alicyclic amines) is 1. The molecular weight excluding hydrogens is 352 g/mol. The number of nitrogens with one attached hydrogen (secondary N) is 1. The standard InChI is InChI=1S/C19H22N2O4S/c1-24-14-6-8-15(9-7-14)25-12-10-20-18(22)16-4-2-11-21(16)19(23)17-5-3-13-26-17/h3,5-9,13,16H,2,4,10-12H2,1H3,(H,20,22)/t16-/m0/s1. The van der Waals surface area contributed by atoms with Crippen molar-refractivity contribution in [3.63, 3.8) is 0 Å². The summed E-state index contributed by atoms with van der Waals surface area (Å²) in [7, 11) is 1.61. The summed E-state index contributed by atoms with van der Waals surface area (Å²) in [5.41, 5.74) is 0. The van der Waals surface area contributed by atoms with Gasteiger partial charge in [-0.15, -0.1) is 11.3 Å². The number of hydrogen-bond acceptors (Lipinski definition) is 5. The molecule has 1 aliphatic rings. The number of benzene rings is 1. The largest absolute Gasteiger partial charge is 0.497 e. The van der Waals surface area contributed by atoms with E-state index in [0.29, 0.717) is 31.0 Å². The van der Waals surface area contributed by atoms with Gasteiger partial charge in [0.15, 0.2) is 0 Å². The maximum Gasteiger partial charge on any atom is 0.264 e. The number of thiophene rings is 1. The summed E-state index contributed by atoms with van der Waals surface area (Å²) in [4.78, 5) is 27.3. The highest BCUT2D eigenvalue weighted by atomic mass is 32.1. The summed E-state index contributed by atoms with van der Waals surface area (Å²) in [6.45, 7) is 1.38. The third-order valence-corrected chi connectivity index (χ3v) is 5.14. The SMILES string of the molecule is COc1ccc(OCCNC(=O)[C@@H]2CCCN2C(=O)c2cccs2)cc1. The van der Waals surface area contributed by atoms with E-state index in [1.807, 2.05) is 35.7 Å². The second kappa shape index (κ2) is 8.71. The molecule has 0 spiro atoms. The summed E-state index contributed by atoms with van der Waals surface area (Å²) in [6, 6.07) is 10.5. The molecule has 26 heavy (non-hydrogen) atoms. The van der Waals surface area contributed by atoms with Crippen LogP contribution in [-0.4, -0.2) is 49.6 Å². The summed E-state index contributed by atoms with van der Waals surface area (Å²) >= 11 is 1.40. The molecule has 0 aliphatic carbocycles. The predicted molar refractivity (Wildman–Crippen MR) is 99.9 cm³/mol. The number of hydrogen-bond donors (Lipinski definition) is 1. The molecule has 1 N–H and O–H groups in total. The van der Waals surface area contributed by atoms with E-state index in [1.165, 1.54) is 11.3 Å². The summed E-state index contributed by atoms with van der Waals surface area (Å²) in [5.74, 6) is 1.30. The minimum Gasteiger partial charge on any atom is -0.497 e. The molecule has 2 amide bonds. The average molecular weight is 374 g/mol. The fourth-order valence-electron chi connectivity index (χ4n) is 2.96. The van der Waals surface area contributed by atoms with Crippen LogP contribution in [0.2, 0.25) is 0 Å². The Labute approximate surface area is 156 Å². The first-order valence-corrected chi connectivity index (χ1v) is 9.46. The lowest BCUT2D eigenvalue weighted by atomic mass is 10.2. The molecule has 1 atom stereocenters. The van der Waals surface area contributed by atoms with Gasteiger partial charge >= 0.3 is 0 Å². The molecule has 1 fully saturated rings. The molecule has 2 heterocycles. The van der Waals surface area contributed by atoms with E-state index in [0.717, 1.165) is 17.9 Å². The molecule has 1 aromatic carbocycles. The Bertz CT molecular complexity index is 731. The Hall–Kier alpha value is -2.54. The highest BCUT2D eigenvalue weighted by Crippen LogP contribution is 2.22. The monoisotopic (exact) mass is 374 g/mol. The first-order chi connectivity index (χ1) is 12.7. The average Bonchev–Trinajstić information content (AvgIpc) is 3.37. The van der Waals surface area contributed by atoms with Crippen molar-refractivity contribution < 1.29 is 19.1 Å². The van der Waals surface area contributed by atoms with Crippen molar-refractivity contribution in [2.24, 2.45) is 0 Å². The summed E-state index contributed by atoms with van der Waals surface area (Å²) in [6.07, 6.45) is 1.54. The Morgan fingerprint density at radius 3 is 2.69 bits per heavy atom. The van der Waals surface area contributed by atoms with Crippen molar-refractivity contribution in [1.29, 1.82) is 0 Å². The Kier molecular flexibility index (Phi) is 6.12. The zero-order valence-corrected chi connectivity index (χ0v) is 15.5. The predicted octanol–water partition coefficient (Wildman–Crippen LogP) is 2.56. The normalized spacial score (nSPS) is 16.3. The van der Waals surface area contributed by atoms with Crippen LogP contribution >= 0.6 is 11.3 Å². The number of carbonyl (C=O) groups is 2. The topological polar surface area (TPSA) is 67.9 Å². The fraction of sp³-hybridized carbons (Fsp3) is 0.368. The molecule has 3 rings (SSSR count). The van der Waals surface area contributed by atoms with Crippen molar-refractivity contribution in [2.75, 3.05) is 26.8 Å². The lowest BCUT2D eigenvalue weighted by molar-refractivity contribution is -0.124. The van der Waals surface area contributed by atoms with E-state index < -0.39 is 6.04 Å². The molecule has 6 nitrogen and oxygen atoms in total. The van der Waals surface area contributed by atoms with E-state index in [1.54, 1.807) is 18.1 Å². The van der Waals surface area contributed by atoms with Gasteiger partial charge in [-0.3, -0.25) is 9.59 Å². The van der Waals surface area contributed by atoms with Gasteiger partial charge in [0.2, 0.25) is 5.91 Å². The third-order valence-electron chi connectivity index (χ3n) is 4.28.